The molecule has 0 saturated heterocycles. The molecule has 150 valence electrons. The van der Waals surface area contributed by atoms with Crippen molar-refractivity contribution in [2.24, 2.45) is 0 Å². The minimum Gasteiger partial charge on any atom is -0.459 e. The summed E-state index contributed by atoms with van der Waals surface area (Å²) >= 11 is 14.5. The number of carbonyl (C=O) groups is 2. The average molecular weight is 467 g/mol. The number of hydrogen-bond donors (Lipinski definition) is 0. The van der Waals surface area contributed by atoms with Crippen molar-refractivity contribution in [2.75, 3.05) is 10.7 Å². The largest absolute Gasteiger partial charge is 0.459 e. The van der Waals surface area contributed by atoms with Gasteiger partial charge in [0.2, 0.25) is 5.91 Å². The Balaban J connectivity index is 1.58. The average Bonchev–Trinajstić information content (AvgIpc) is 3.14. The molecule has 0 atom stereocenters. The van der Waals surface area contributed by atoms with Gasteiger partial charge in [0, 0.05) is 27.2 Å². The van der Waals surface area contributed by atoms with Crippen LogP contribution in [0.25, 0.3) is 0 Å². The minimum atomic E-state index is -0.349. The molecule has 0 unspecified atom stereocenters. The van der Waals surface area contributed by atoms with E-state index in [1.165, 1.54) is 34.9 Å². The van der Waals surface area contributed by atoms with Crippen LogP contribution in [0.3, 0.4) is 0 Å². The van der Waals surface area contributed by atoms with Crippen LogP contribution in [0.5, 0.6) is 0 Å². The SMILES string of the molecule is CC(=O)N(c1cccc(Cl)c1)c1nc(COC(=O)CSc2ccc(Cl)cc2)cs1. The lowest BCUT2D eigenvalue weighted by Gasteiger charge is -2.18. The Morgan fingerprint density at radius 3 is 2.59 bits per heavy atom. The Kier molecular flexibility index (Phi) is 7.55. The highest BCUT2D eigenvalue weighted by molar-refractivity contribution is 8.00. The first-order valence-corrected chi connectivity index (χ1v) is 11.1. The smallest absolute Gasteiger partial charge is 0.316 e. The first-order chi connectivity index (χ1) is 13.9. The van der Waals surface area contributed by atoms with Crippen molar-refractivity contribution in [1.29, 1.82) is 0 Å². The fourth-order valence-corrected chi connectivity index (χ4v) is 4.26. The summed E-state index contributed by atoms with van der Waals surface area (Å²) in [6, 6.07) is 14.2. The zero-order valence-electron chi connectivity index (χ0n) is 15.3. The van der Waals surface area contributed by atoms with Gasteiger partial charge in [-0.1, -0.05) is 29.3 Å². The van der Waals surface area contributed by atoms with Gasteiger partial charge in [0.15, 0.2) is 5.13 Å². The lowest BCUT2D eigenvalue weighted by atomic mass is 10.3. The minimum absolute atomic E-state index is 0.0395. The topological polar surface area (TPSA) is 59.5 Å². The molecule has 3 rings (SSSR count). The van der Waals surface area contributed by atoms with E-state index < -0.39 is 0 Å². The van der Waals surface area contributed by atoms with Crippen molar-refractivity contribution < 1.29 is 14.3 Å². The van der Waals surface area contributed by atoms with E-state index in [-0.39, 0.29) is 24.2 Å². The predicted octanol–water partition coefficient (Wildman–Crippen LogP) is 5.97. The Morgan fingerprint density at radius 2 is 1.90 bits per heavy atom. The maximum atomic E-state index is 12.1. The van der Waals surface area contributed by atoms with Gasteiger partial charge < -0.3 is 4.74 Å². The second kappa shape index (κ2) is 10.1. The third kappa shape index (κ3) is 6.21. The first kappa shape index (κ1) is 21.6. The van der Waals surface area contributed by atoms with E-state index in [9.17, 15) is 9.59 Å². The van der Waals surface area contributed by atoms with E-state index >= 15 is 0 Å². The van der Waals surface area contributed by atoms with Crippen LogP contribution < -0.4 is 4.90 Å². The van der Waals surface area contributed by atoms with Crippen LogP contribution in [0.2, 0.25) is 10.0 Å². The lowest BCUT2D eigenvalue weighted by molar-refractivity contribution is -0.141. The number of thioether (sulfide) groups is 1. The molecule has 0 spiro atoms. The van der Waals surface area contributed by atoms with Gasteiger partial charge in [-0.2, -0.15) is 0 Å². The second-order valence-corrected chi connectivity index (χ2v) is 8.62. The van der Waals surface area contributed by atoms with Crippen LogP contribution in [0.4, 0.5) is 10.8 Å². The summed E-state index contributed by atoms with van der Waals surface area (Å²) in [6.07, 6.45) is 0. The molecule has 5 nitrogen and oxygen atoms in total. The molecule has 0 bridgehead atoms. The van der Waals surface area contributed by atoms with Crippen LogP contribution in [-0.2, 0) is 20.9 Å². The molecule has 1 amide bonds. The second-order valence-electron chi connectivity index (χ2n) is 5.86. The van der Waals surface area contributed by atoms with Crippen LogP contribution in [0.15, 0.2) is 58.8 Å². The molecule has 0 fully saturated rings. The summed E-state index contributed by atoms with van der Waals surface area (Å²) in [5.41, 5.74) is 1.20. The number of amides is 1. The fourth-order valence-electron chi connectivity index (χ4n) is 2.38. The normalized spacial score (nSPS) is 10.6. The highest BCUT2D eigenvalue weighted by Gasteiger charge is 2.18. The molecule has 9 heteroatoms. The summed E-state index contributed by atoms with van der Waals surface area (Å²) in [4.78, 5) is 30.9. The maximum absolute atomic E-state index is 12.1. The van der Waals surface area contributed by atoms with Crippen molar-refractivity contribution in [1.82, 2.24) is 4.98 Å². The monoisotopic (exact) mass is 466 g/mol. The molecule has 1 heterocycles. The molecular weight excluding hydrogens is 451 g/mol. The third-order valence-corrected chi connectivity index (χ3v) is 6.01. The van der Waals surface area contributed by atoms with Crippen molar-refractivity contribution in [3.05, 3.63) is 69.7 Å². The van der Waals surface area contributed by atoms with Gasteiger partial charge in [-0.15, -0.1) is 23.1 Å². The molecule has 0 aliphatic rings. The van der Waals surface area contributed by atoms with Gasteiger partial charge in [-0.05, 0) is 42.5 Å². The highest BCUT2D eigenvalue weighted by atomic mass is 35.5. The van der Waals surface area contributed by atoms with Crippen LogP contribution in [-0.4, -0.2) is 22.6 Å². The van der Waals surface area contributed by atoms with Gasteiger partial charge >= 0.3 is 5.97 Å². The molecule has 29 heavy (non-hydrogen) atoms. The highest BCUT2D eigenvalue weighted by Crippen LogP contribution is 2.30. The predicted molar refractivity (Wildman–Crippen MR) is 118 cm³/mol. The number of nitrogens with zero attached hydrogens (tertiary/aromatic N) is 2. The fraction of sp³-hybridized carbons (Fsp3) is 0.150. The van der Waals surface area contributed by atoms with Crippen molar-refractivity contribution >= 4 is 69.0 Å². The van der Waals surface area contributed by atoms with Gasteiger partial charge in [0.1, 0.15) is 6.61 Å². The van der Waals surface area contributed by atoms with Gasteiger partial charge in [0.25, 0.3) is 0 Å². The number of aromatic nitrogens is 1. The molecule has 3 aromatic rings. The van der Waals surface area contributed by atoms with E-state index in [2.05, 4.69) is 4.98 Å². The molecule has 2 aromatic carbocycles. The molecule has 0 N–H and O–H groups in total. The maximum Gasteiger partial charge on any atom is 0.316 e. The van der Waals surface area contributed by atoms with Crippen molar-refractivity contribution in [3.63, 3.8) is 0 Å². The van der Waals surface area contributed by atoms with E-state index in [0.29, 0.717) is 26.6 Å². The molecule has 1 aromatic heterocycles. The van der Waals surface area contributed by atoms with Crippen LogP contribution >= 0.6 is 46.3 Å². The Morgan fingerprint density at radius 1 is 1.14 bits per heavy atom. The molecule has 0 aliphatic heterocycles. The van der Waals surface area contributed by atoms with Crippen molar-refractivity contribution in [2.45, 2.75) is 18.4 Å². The van der Waals surface area contributed by atoms with E-state index in [0.717, 1.165) is 4.90 Å². The molecule has 0 saturated carbocycles. The van der Waals surface area contributed by atoms with Crippen molar-refractivity contribution in [3.8, 4) is 0 Å². The zero-order valence-corrected chi connectivity index (χ0v) is 18.4. The number of ether oxygens (including phenoxy) is 1. The number of halogens is 2. The summed E-state index contributed by atoms with van der Waals surface area (Å²) in [6.45, 7) is 1.49. The summed E-state index contributed by atoms with van der Waals surface area (Å²) in [5.74, 6) is -0.358. The number of thiazole rings is 1. The Hall–Kier alpha value is -2.06. The standard InChI is InChI=1S/C20H16Cl2N2O3S2/c1-13(25)24(17-4-2-3-15(22)9-17)20-23-16(11-29-20)10-27-19(26)12-28-18-7-5-14(21)6-8-18/h2-9,11H,10,12H2,1H3. The first-order valence-electron chi connectivity index (χ1n) is 8.47. The Bertz CT molecular complexity index is 1010. The third-order valence-electron chi connectivity index (χ3n) is 3.66. The lowest BCUT2D eigenvalue weighted by Crippen LogP contribution is -2.22. The van der Waals surface area contributed by atoms with E-state index in [1.54, 1.807) is 41.8 Å². The molecule has 0 aliphatic carbocycles. The quantitative estimate of drug-likeness (QED) is 0.317. The van der Waals surface area contributed by atoms with E-state index in [1.807, 2.05) is 12.1 Å². The summed E-state index contributed by atoms with van der Waals surface area (Å²) in [7, 11) is 0. The number of hydrogen-bond acceptors (Lipinski definition) is 6. The number of rotatable bonds is 7. The zero-order chi connectivity index (χ0) is 20.8. The van der Waals surface area contributed by atoms with Crippen LogP contribution in [0.1, 0.15) is 12.6 Å². The van der Waals surface area contributed by atoms with Gasteiger partial charge in [0.05, 0.1) is 17.1 Å². The summed E-state index contributed by atoms with van der Waals surface area (Å²) in [5, 5.41) is 3.42. The number of anilines is 2. The number of carbonyl (C=O) groups excluding carboxylic acids is 2. The van der Waals surface area contributed by atoms with Gasteiger partial charge in [-0.25, -0.2) is 4.98 Å². The number of benzene rings is 2. The van der Waals surface area contributed by atoms with E-state index in [4.69, 9.17) is 27.9 Å². The molecule has 0 radical (unpaired) electrons. The van der Waals surface area contributed by atoms with Crippen LogP contribution in [0, 0.1) is 0 Å². The van der Waals surface area contributed by atoms with Gasteiger partial charge in [-0.3, -0.25) is 14.5 Å². The summed E-state index contributed by atoms with van der Waals surface area (Å²) < 4.78 is 5.29. The number of esters is 1. The molecular formula is C20H16Cl2N2O3S2. The Labute approximate surface area is 186 Å².